The maximum absolute atomic E-state index is 13.1. The van der Waals surface area contributed by atoms with Gasteiger partial charge in [0, 0.05) is 34.3 Å². The van der Waals surface area contributed by atoms with E-state index >= 15 is 0 Å². The second-order valence-corrected chi connectivity index (χ2v) is 13.7. The second kappa shape index (κ2) is 12.6. The Kier molecular flexibility index (Phi) is 8.90. The van der Waals surface area contributed by atoms with Crippen molar-refractivity contribution in [1.82, 2.24) is 4.90 Å². The zero-order chi connectivity index (χ0) is 29.9. The highest BCUT2D eigenvalue weighted by Gasteiger charge is 2.26. The number of thiophene rings is 1. The average molecular weight is 604 g/mol. The first-order valence-electron chi connectivity index (χ1n) is 13.6. The Balaban J connectivity index is 1.30. The minimum Gasteiger partial charge on any atom is -0.489 e. The summed E-state index contributed by atoms with van der Waals surface area (Å²) in [5.74, 6) is 5.61. The normalized spacial score (nSPS) is 15.9. The van der Waals surface area contributed by atoms with Crippen molar-refractivity contribution in [2.24, 2.45) is 0 Å². The number of benzene rings is 3. The molecule has 0 radical (unpaired) electrons. The summed E-state index contributed by atoms with van der Waals surface area (Å²) in [5.41, 5.74) is 5.63. The monoisotopic (exact) mass is 603 g/mol. The molecule has 1 unspecified atom stereocenters. The Bertz CT molecular complexity index is 1670. The predicted molar refractivity (Wildman–Crippen MR) is 170 cm³/mol. The molecule has 42 heavy (non-hydrogen) atoms. The standard InChI is InChI=1S/C33H33NO6S2/c1-3-4-25(19-32(35)36)24-6-9-27(10-7-24)40-20-23-5-12-31-29(18-23)30(21-41-31)28-11-8-26(17-22(28)2)33(37)34-13-15-42(38,39)16-14-34/h5-12,17-18,21,25,38-39H,13-16,19-20H2,1-2H3,(H,35,36). The summed E-state index contributed by atoms with van der Waals surface area (Å²) in [4.78, 5) is 25.9. The van der Waals surface area contributed by atoms with Crippen LogP contribution in [0.25, 0.3) is 21.2 Å². The van der Waals surface area contributed by atoms with Gasteiger partial charge in [-0.15, -0.1) is 17.3 Å². The van der Waals surface area contributed by atoms with E-state index < -0.39 is 16.6 Å². The molecular weight excluding hydrogens is 570 g/mol. The number of ether oxygens (including phenoxy) is 1. The van der Waals surface area contributed by atoms with Crippen LogP contribution in [0.15, 0.2) is 66.0 Å². The maximum atomic E-state index is 13.1. The molecule has 2 heterocycles. The number of carbonyl (C=O) groups excluding carboxylic acids is 1. The van der Waals surface area contributed by atoms with Crippen LogP contribution in [0.1, 0.15) is 46.3 Å². The van der Waals surface area contributed by atoms with E-state index in [-0.39, 0.29) is 29.8 Å². The largest absolute Gasteiger partial charge is 0.489 e. The number of carbonyl (C=O) groups is 2. The van der Waals surface area contributed by atoms with Gasteiger partial charge in [-0.3, -0.25) is 18.7 Å². The van der Waals surface area contributed by atoms with Crippen LogP contribution in [-0.4, -0.2) is 55.6 Å². The predicted octanol–water partition coefficient (Wildman–Crippen LogP) is 7.24. The molecular formula is C33H33NO6S2. The lowest BCUT2D eigenvalue weighted by molar-refractivity contribution is -0.137. The molecule has 5 rings (SSSR count). The highest BCUT2D eigenvalue weighted by atomic mass is 32.3. The summed E-state index contributed by atoms with van der Waals surface area (Å²) in [5, 5.41) is 12.4. The summed E-state index contributed by atoms with van der Waals surface area (Å²) >= 11 is 1.67. The minimum absolute atomic E-state index is 0.0441. The molecule has 1 aromatic heterocycles. The Hall–Kier alpha value is -3.81. The number of rotatable bonds is 8. The zero-order valence-electron chi connectivity index (χ0n) is 23.5. The third-order valence-corrected chi connectivity index (χ3v) is 10.1. The number of aliphatic carboxylic acids is 1. The molecule has 7 nitrogen and oxygen atoms in total. The highest BCUT2D eigenvalue weighted by molar-refractivity contribution is 8.24. The topological polar surface area (TPSA) is 107 Å². The number of nitrogens with zero attached hydrogens (tertiary/aromatic N) is 1. The number of carboxylic acids is 1. The number of hydrogen-bond donors (Lipinski definition) is 3. The Morgan fingerprint density at radius 3 is 2.43 bits per heavy atom. The van der Waals surface area contributed by atoms with Crippen LogP contribution in [0.4, 0.5) is 0 Å². The van der Waals surface area contributed by atoms with Crippen molar-refractivity contribution >= 4 is 43.9 Å². The van der Waals surface area contributed by atoms with Crippen molar-refractivity contribution in [2.75, 3.05) is 24.6 Å². The van der Waals surface area contributed by atoms with Gasteiger partial charge < -0.3 is 14.7 Å². The molecule has 3 aromatic carbocycles. The van der Waals surface area contributed by atoms with Crippen LogP contribution in [0, 0.1) is 18.8 Å². The first-order valence-corrected chi connectivity index (χ1v) is 16.4. The molecule has 1 fully saturated rings. The van der Waals surface area contributed by atoms with E-state index in [4.69, 9.17) is 4.74 Å². The lowest BCUT2D eigenvalue weighted by Crippen LogP contribution is -2.42. The van der Waals surface area contributed by atoms with E-state index in [2.05, 4.69) is 35.4 Å². The fourth-order valence-corrected chi connectivity index (χ4v) is 7.32. The molecule has 1 saturated heterocycles. The first-order chi connectivity index (χ1) is 20.1. The van der Waals surface area contributed by atoms with Crippen LogP contribution in [-0.2, 0) is 11.4 Å². The minimum atomic E-state index is -2.56. The van der Waals surface area contributed by atoms with Gasteiger partial charge in [0.1, 0.15) is 12.4 Å². The molecule has 0 saturated carbocycles. The molecule has 4 aromatic rings. The van der Waals surface area contributed by atoms with Crippen molar-refractivity contribution in [2.45, 2.75) is 32.8 Å². The average Bonchev–Trinajstić information content (AvgIpc) is 3.38. The molecule has 0 aliphatic carbocycles. The molecule has 0 spiro atoms. The van der Waals surface area contributed by atoms with Crippen molar-refractivity contribution in [3.05, 3.63) is 88.3 Å². The SMILES string of the molecule is CC#CC(CC(=O)O)c1ccc(OCc2ccc3scc(-c4ccc(C(=O)N5CCS(O)(O)CC5)cc4C)c3c2)cc1. The quantitative estimate of drug-likeness (QED) is 0.183. The fraction of sp³-hybridized carbons (Fsp3) is 0.273. The lowest BCUT2D eigenvalue weighted by atomic mass is 9.96. The van der Waals surface area contributed by atoms with Crippen molar-refractivity contribution < 1.29 is 28.5 Å². The molecule has 9 heteroatoms. The summed E-state index contributed by atoms with van der Waals surface area (Å²) in [6.45, 7) is 4.80. The molecule has 0 bridgehead atoms. The van der Waals surface area contributed by atoms with E-state index in [1.807, 2.05) is 49.4 Å². The van der Waals surface area contributed by atoms with E-state index in [1.165, 1.54) is 0 Å². The number of aryl methyl sites for hydroxylation is 1. The molecule has 1 amide bonds. The van der Waals surface area contributed by atoms with Crippen LogP contribution >= 0.6 is 21.9 Å². The van der Waals surface area contributed by atoms with E-state index in [0.717, 1.165) is 37.9 Å². The summed E-state index contributed by atoms with van der Waals surface area (Å²) in [6.07, 6.45) is -0.0441. The molecule has 3 N–H and O–H groups in total. The smallest absolute Gasteiger partial charge is 0.304 e. The maximum Gasteiger partial charge on any atom is 0.304 e. The molecule has 1 atom stereocenters. The highest BCUT2D eigenvalue weighted by Crippen LogP contribution is 2.41. The summed E-state index contributed by atoms with van der Waals surface area (Å²) in [6, 6.07) is 19.5. The molecule has 1 aliphatic rings. The van der Waals surface area contributed by atoms with Crippen LogP contribution in [0.3, 0.4) is 0 Å². The number of amides is 1. The van der Waals surface area contributed by atoms with Crippen LogP contribution in [0.2, 0.25) is 0 Å². The summed E-state index contributed by atoms with van der Waals surface area (Å²) in [7, 11) is -2.56. The van der Waals surface area contributed by atoms with E-state index in [9.17, 15) is 23.8 Å². The van der Waals surface area contributed by atoms with E-state index in [1.54, 1.807) is 23.2 Å². The lowest BCUT2D eigenvalue weighted by Gasteiger charge is -2.41. The van der Waals surface area contributed by atoms with Gasteiger partial charge in [-0.1, -0.05) is 30.2 Å². The number of carboxylic acid groups (broad SMARTS) is 1. The summed E-state index contributed by atoms with van der Waals surface area (Å²) < 4.78 is 27.0. The van der Waals surface area contributed by atoms with Gasteiger partial charge in [-0.05, 0) is 77.9 Å². The molecule has 1 aliphatic heterocycles. The van der Waals surface area contributed by atoms with Gasteiger partial charge in [0.2, 0.25) is 0 Å². The van der Waals surface area contributed by atoms with Gasteiger partial charge in [0.05, 0.1) is 23.8 Å². The second-order valence-electron chi connectivity index (χ2n) is 10.4. The van der Waals surface area contributed by atoms with Crippen LogP contribution < -0.4 is 4.74 Å². The number of hydrogen-bond acceptors (Lipinski definition) is 6. The van der Waals surface area contributed by atoms with Gasteiger partial charge >= 0.3 is 5.97 Å². The van der Waals surface area contributed by atoms with Crippen molar-refractivity contribution in [3.63, 3.8) is 0 Å². The van der Waals surface area contributed by atoms with Crippen molar-refractivity contribution in [3.8, 4) is 28.7 Å². The first kappa shape index (κ1) is 29.7. The third kappa shape index (κ3) is 6.80. The van der Waals surface area contributed by atoms with Crippen molar-refractivity contribution in [1.29, 1.82) is 0 Å². The van der Waals surface area contributed by atoms with Crippen LogP contribution in [0.5, 0.6) is 5.75 Å². The molecule has 218 valence electrons. The zero-order valence-corrected chi connectivity index (χ0v) is 25.1. The van der Waals surface area contributed by atoms with E-state index in [0.29, 0.717) is 31.0 Å². The third-order valence-electron chi connectivity index (χ3n) is 7.45. The van der Waals surface area contributed by atoms with Gasteiger partial charge in [-0.25, -0.2) is 0 Å². The van der Waals surface area contributed by atoms with Gasteiger partial charge in [0.15, 0.2) is 0 Å². The Morgan fingerprint density at radius 2 is 1.76 bits per heavy atom. The van der Waals surface area contributed by atoms with Gasteiger partial charge in [-0.2, -0.15) is 10.6 Å². The Morgan fingerprint density at radius 1 is 1.02 bits per heavy atom. The Labute approximate surface area is 251 Å². The van der Waals surface area contributed by atoms with Gasteiger partial charge in [0.25, 0.3) is 5.91 Å². The fourth-order valence-electron chi connectivity index (χ4n) is 5.15. The number of fused-ring (bicyclic) bond motifs is 1.